The van der Waals surface area contributed by atoms with Crippen molar-refractivity contribution in [3.8, 4) is 0 Å². The summed E-state index contributed by atoms with van der Waals surface area (Å²) < 4.78 is 0. The second-order valence-corrected chi connectivity index (χ2v) is 4.06. The van der Waals surface area contributed by atoms with Crippen molar-refractivity contribution in [2.45, 2.75) is 25.6 Å². The summed E-state index contributed by atoms with van der Waals surface area (Å²) in [5, 5.41) is 37.3. The zero-order chi connectivity index (χ0) is 14.1. The summed E-state index contributed by atoms with van der Waals surface area (Å²) in [4.78, 5) is 21.9. The van der Waals surface area contributed by atoms with Crippen molar-refractivity contribution in [2.24, 2.45) is 0 Å². The van der Waals surface area contributed by atoms with E-state index in [0.29, 0.717) is 11.1 Å². The molecule has 6 heteroatoms. The minimum absolute atomic E-state index is 0.134. The second-order valence-electron chi connectivity index (χ2n) is 4.06. The van der Waals surface area contributed by atoms with E-state index < -0.39 is 23.6 Å². The molecule has 4 N–H and O–H groups in total. The summed E-state index contributed by atoms with van der Waals surface area (Å²) in [6, 6.07) is 4.46. The fraction of sp³-hybridized carbons (Fsp3) is 0.333. The fourth-order valence-corrected chi connectivity index (χ4v) is 1.72. The van der Waals surface area contributed by atoms with E-state index >= 15 is 0 Å². The van der Waals surface area contributed by atoms with Gasteiger partial charge in [-0.1, -0.05) is 18.2 Å². The highest BCUT2D eigenvalue weighted by Crippen LogP contribution is 2.30. The highest BCUT2D eigenvalue weighted by molar-refractivity contribution is 5.88. The minimum Gasteiger partial charge on any atom is -0.479 e. The number of carbonyl (C=O) groups is 2. The summed E-state index contributed by atoms with van der Waals surface area (Å²) >= 11 is 0. The van der Waals surface area contributed by atoms with Gasteiger partial charge in [-0.3, -0.25) is 0 Å². The summed E-state index contributed by atoms with van der Waals surface area (Å²) in [7, 11) is 0. The van der Waals surface area contributed by atoms with Crippen LogP contribution in [0.15, 0.2) is 18.2 Å². The van der Waals surface area contributed by atoms with E-state index in [9.17, 15) is 19.8 Å². The molecule has 0 aromatic heterocycles. The molecule has 0 radical (unpaired) electrons. The Balaban J connectivity index is 3.51. The van der Waals surface area contributed by atoms with Crippen LogP contribution in [0.4, 0.5) is 0 Å². The summed E-state index contributed by atoms with van der Waals surface area (Å²) in [6.45, 7) is 3.24. The van der Waals surface area contributed by atoms with E-state index in [2.05, 4.69) is 0 Å². The van der Waals surface area contributed by atoms with Gasteiger partial charge in [0, 0.05) is 5.56 Å². The molecule has 6 nitrogen and oxygen atoms in total. The summed E-state index contributed by atoms with van der Waals surface area (Å²) in [5.74, 6) is -3.62. The first-order chi connectivity index (χ1) is 8.22. The van der Waals surface area contributed by atoms with Crippen molar-refractivity contribution in [3.05, 3.63) is 34.9 Å². The van der Waals surface area contributed by atoms with Gasteiger partial charge in [0.05, 0.1) is 0 Å². The van der Waals surface area contributed by atoms with Gasteiger partial charge in [0.1, 0.15) is 0 Å². The first kappa shape index (κ1) is 14.1. The number of carboxylic acids is 2. The molecule has 0 aliphatic heterocycles. The summed E-state index contributed by atoms with van der Waals surface area (Å²) in [5.41, 5.74) is -1.90. The molecular formula is C12H14O6. The van der Waals surface area contributed by atoms with Crippen LogP contribution in [0.3, 0.4) is 0 Å². The molecule has 1 aromatic carbocycles. The SMILES string of the molecule is Cc1cccc(C(O)(C(=O)O)C(O)C(=O)O)c1C. The number of carboxylic acid groups (broad SMARTS) is 2. The van der Waals surface area contributed by atoms with Crippen LogP contribution >= 0.6 is 0 Å². The van der Waals surface area contributed by atoms with Gasteiger partial charge in [0.15, 0.2) is 6.10 Å². The molecule has 0 heterocycles. The number of aliphatic hydroxyl groups is 2. The van der Waals surface area contributed by atoms with Crippen LogP contribution in [0.1, 0.15) is 16.7 Å². The predicted molar refractivity (Wildman–Crippen MR) is 61.1 cm³/mol. The molecule has 0 bridgehead atoms. The monoisotopic (exact) mass is 254 g/mol. The van der Waals surface area contributed by atoms with E-state index in [1.54, 1.807) is 19.9 Å². The number of rotatable bonds is 4. The molecular weight excluding hydrogens is 240 g/mol. The van der Waals surface area contributed by atoms with Crippen molar-refractivity contribution in [2.75, 3.05) is 0 Å². The minimum atomic E-state index is -2.87. The van der Waals surface area contributed by atoms with Gasteiger partial charge in [-0.05, 0) is 25.0 Å². The van der Waals surface area contributed by atoms with Gasteiger partial charge in [0.25, 0.3) is 0 Å². The van der Waals surface area contributed by atoms with Crippen LogP contribution in [-0.4, -0.2) is 38.5 Å². The van der Waals surface area contributed by atoms with Crippen LogP contribution in [0.25, 0.3) is 0 Å². The maximum absolute atomic E-state index is 11.2. The van der Waals surface area contributed by atoms with E-state index in [0.717, 1.165) is 0 Å². The first-order valence-corrected chi connectivity index (χ1v) is 5.16. The number of aliphatic carboxylic acids is 2. The number of hydrogen-bond donors (Lipinski definition) is 4. The average molecular weight is 254 g/mol. The van der Waals surface area contributed by atoms with Crippen LogP contribution in [-0.2, 0) is 15.2 Å². The topological polar surface area (TPSA) is 115 Å². The Morgan fingerprint density at radius 1 is 1.22 bits per heavy atom. The van der Waals surface area contributed by atoms with E-state index in [1.807, 2.05) is 0 Å². The number of aliphatic hydroxyl groups excluding tert-OH is 1. The zero-order valence-electron chi connectivity index (χ0n) is 9.91. The van der Waals surface area contributed by atoms with Gasteiger partial charge in [0.2, 0.25) is 5.60 Å². The number of benzene rings is 1. The molecule has 0 aliphatic carbocycles. The molecule has 2 atom stereocenters. The molecule has 18 heavy (non-hydrogen) atoms. The van der Waals surface area contributed by atoms with Crippen molar-refractivity contribution in [1.29, 1.82) is 0 Å². The largest absolute Gasteiger partial charge is 0.479 e. The third-order valence-electron chi connectivity index (χ3n) is 2.97. The van der Waals surface area contributed by atoms with E-state index in [-0.39, 0.29) is 5.56 Å². The Labute approximate surface area is 103 Å². The third kappa shape index (κ3) is 2.07. The quantitative estimate of drug-likeness (QED) is 0.602. The number of aryl methyl sites for hydroxylation is 1. The maximum Gasteiger partial charge on any atom is 0.343 e. The van der Waals surface area contributed by atoms with Gasteiger partial charge in [-0.25, -0.2) is 9.59 Å². The van der Waals surface area contributed by atoms with Gasteiger partial charge >= 0.3 is 11.9 Å². The molecule has 0 fully saturated rings. The Morgan fingerprint density at radius 2 is 1.78 bits per heavy atom. The zero-order valence-corrected chi connectivity index (χ0v) is 9.91. The highest BCUT2D eigenvalue weighted by atomic mass is 16.4. The van der Waals surface area contributed by atoms with Crippen molar-refractivity contribution in [3.63, 3.8) is 0 Å². The first-order valence-electron chi connectivity index (χ1n) is 5.16. The predicted octanol–water partition coefficient (Wildman–Crippen LogP) is 0.0211. The fourth-order valence-electron chi connectivity index (χ4n) is 1.72. The molecule has 0 spiro atoms. The van der Waals surface area contributed by atoms with Crippen LogP contribution in [0.2, 0.25) is 0 Å². The van der Waals surface area contributed by atoms with Crippen molar-refractivity contribution < 1.29 is 30.0 Å². The lowest BCUT2D eigenvalue weighted by Gasteiger charge is -2.28. The highest BCUT2D eigenvalue weighted by Gasteiger charge is 2.50. The van der Waals surface area contributed by atoms with Crippen LogP contribution in [0.5, 0.6) is 0 Å². The second kappa shape index (κ2) is 4.75. The van der Waals surface area contributed by atoms with Crippen LogP contribution < -0.4 is 0 Å². The third-order valence-corrected chi connectivity index (χ3v) is 2.97. The normalized spacial score (nSPS) is 15.8. The van der Waals surface area contributed by atoms with Gasteiger partial charge < -0.3 is 20.4 Å². The Kier molecular flexibility index (Phi) is 3.73. The summed E-state index contributed by atoms with van der Waals surface area (Å²) in [6.07, 6.45) is -2.45. The molecule has 0 saturated carbocycles. The average Bonchev–Trinajstić information content (AvgIpc) is 2.30. The van der Waals surface area contributed by atoms with Crippen molar-refractivity contribution >= 4 is 11.9 Å². The maximum atomic E-state index is 11.2. The Bertz CT molecular complexity index is 495. The molecule has 98 valence electrons. The molecule has 2 unspecified atom stereocenters. The molecule has 0 saturated heterocycles. The van der Waals surface area contributed by atoms with Gasteiger partial charge in [-0.15, -0.1) is 0 Å². The lowest BCUT2D eigenvalue weighted by atomic mass is 9.84. The van der Waals surface area contributed by atoms with E-state index in [1.165, 1.54) is 12.1 Å². The lowest BCUT2D eigenvalue weighted by molar-refractivity contribution is -0.185. The van der Waals surface area contributed by atoms with Crippen LogP contribution in [0, 0.1) is 13.8 Å². The molecule has 0 aliphatic rings. The lowest BCUT2D eigenvalue weighted by Crippen LogP contribution is -2.51. The Hall–Kier alpha value is -1.92. The van der Waals surface area contributed by atoms with Crippen molar-refractivity contribution in [1.82, 2.24) is 0 Å². The van der Waals surface area contributed by atoms with E-state index in [4.69, 9.17) is 10.2 Å². The smallest absolute Gasteiger partial charge is 0.343 e. The standard InChI is InChI=1S/C12H14O6/c1-6-4-3-5-8(7(6)2)12(18,11(16)17)9(13)10(14)15/h3-5,9,13,18H,1-2H3,(H,14,15)(H,16,17). The number of hydrogen-bond acceptors (Lipinski definition) is 4. The molecule has 1 aromatic rings. The molecule has 1 rings (SSSR count). The van der Waals surface area contributed by atoms with Gasteiger partial charge in [-0.2, -0.15) is 0 Å². The molecule has 0 amide bonds. The Morgan fingerprint density at radius 3 is 2.22 bits per heavy atom.